The second-order valence-corrected chi connectivity index (χ2v) is 5.45. The molecule has 0 heterocycles. The lowest BCUT2D eigenvalue weighted by molar-refractivity contribution is 0.0508. The number of ether oxygens (including phenoxy) is 1. The van der Waals surface area contributed by atoms with Crippen LogP contribution in [0.25, 0.3) is 0 Å². The molecule has 1 N–H and O–H groups in total. The Labute approximate surface area is 113 Å². The molecule has 1 aromatic carbocycles. The molecule has 0 aliphatic carbocycles. The van der Waals surface area contributed by atoms with Crippen LogP contribution in [-0.2, 0) is 4.74 Å². The van der Waals surface area contributed by atoms with Crippen molar-refractivity contribution in [3.05, 3.63) is 34.2 Å². The molecule has 0 spiro atoms. The molecule has 5 nitrogen and oxygen atoms in total. The highest BCUT2D eigenvalue weighted by Gasteiger charge is 2.19. The Morgan fingerprint density at radius 3 is 2.53 bits per heavy atom. The Balaban J connectivity index is 2.81. The highest BCUT2D eigenvalue weighted by molar-refractivity contribution is 5.68. The van der Waals surface area contributed by atoms with E-state index < -0.39 is 11.7 Å². The Hall–Kier alpha value is -1.91. The molecule has 1 aromatic rings. The summed E-state index contributed by atoms with van der Waals surface area (Å²) in [4.78, 5) is 22.3. The molecule has 5 heteroatoms. The second-order valence-electron chi connectivity index (χ2n) is 5.45. The van der Waals surface area contributed by atoms with E-state index >= 15 is 0 Å². The van der Waals surface area contributed by atoms with Gasteiger partial charge in [-0.25, -0.2) is 4.79 Å². The van der Waals surface area contributed by atoms with Crippen LogP contribution in [-0.4, -0.2) is 11.7 Å². The maximum Gasteiger partial charge on any atom is 0.408 e. The lowest BCUT2D eigenvalue weighted by atomic mass is 10.0. The number of nitrogens with zero attached hydrogens (tertiary/aromatic N) is 1. The summed E-state index contributed by atoms with van der Waals surface area (Å²) < 4.78 is 5.19. The SMILES string of the molecule is Cc1c(N=O)cccc1C(C)NC(=O)OC(C)(C)C. The minimum absolute atomic E-state index is 0.253. The summed E-state index contributed by atoms with van der Waals surface area (Å²) in [6, 6.07) is 4.99. The van der Waals surface area contributed by atoms with Crippen molar-refractivity contribution in [1.82, 2.24) is 5.32 Å². The molecule has 1 unspecified atom stereocenters. The number of nitrogens with one attached hydrogen (secondary N) is 1. The third-order valence-electron chi connectivity index (χ3n) is 2.65. The molecular formula is C14H20N2O3. The first-order valence-corrected chi connectivity index (χ1v) is 6.17. The van der Waals surface area contributed by atoms with Crippen LogP contribution in [0.5, 0.6) is 0 Å². The van der Waals surface area contributed by atoms with E-state index in [2.05, 4.69) is 10.5 Å². The molecule has 0 aliphatic heterocycles. The Kier molecular flexibility index (Phi) is 4.64. The molecule has 0 bridgehead atoms. The Morgan fingerprint density at radius 1 is 1.37 bits per heavy atom. The summed E-state index contributed by atoms with van der Waals surface area (Å²) in [6.45, 7) is 9.05. The van der Waals surface area contributed by atoms with Gasteiger partial charge in [0.15, 0.2) is 0 Å². The number of alkyl carbamates (subject to hydrolysis) is 1. The zero-order valence-corrected chi connectivity index (χ0v) is 12.0. The van der Waals surface area contributed by atoms with Crippen LogP contribution in [0.3, 0.4) is 0 Å². The smallest absolute Gasteiger partial charge is 0.408 e. The van der Waals surface area contributed by atoms with Gasteiger partial charge < -0.3 is 10.1 Å². The quantitative estimate of drug-likeness (QED) is 0.839. The number of rotatable bonds is 3. The molecule has 1 atom stereocenters. The van der Waals surface area contributed by atoms with Crippen molar-refractivity contribution in [2.24, 2.45) is 5.18 Å². The van der Waals surface area contributed by atoms with E-state index in [0.29, 0.717) is 5.69 Å². The van der Waals surface area contributed by atoms with Gasteiger partial charge in [0.2, 0.25) is 0 Å². The first-order valence-electron chi connectivity index (χ1n) is 6.17. The number of carbonyl (C=O) groups excluding carboxylic acids is 1. The lowest BCUT2D eigenvalue weighted by Gasteiger charge is -2.22. The van der Waals surface area contributed by atoms with Crippen molar-refractivity contribution in [1.29, 1.82) is 0 Å². The predicted octanol–water partition coefficient (Wildman–Crippen LogP) is 3.98. The maximum absolute atomic E-state index is 11.7. The highest BCUT2D eigenvalue weighted by Crippen LogP contribution is 2.26. The van der Waals surface area contributed by atoms with Crippen molar-refractivity contribution in [2.75, 3.05) is 0 Å². The number of benzene rings is 1. The van der Waals surface area contributed by atoms with Crippen LogP contribution in [0.15, 0.2) is 23.4 Å². The number of hydrogen-bond donors (Lipinski definition) is 1. The van der Waals surface area contributed by atoms with E-state index in [1.54, 1.807) is 39.8 Å². The van der Waals surface area contributed by atoms with E-state index in [4.69, 9.17) is 4.74 Å². The van der Waals surface area contributed by atoms with Crippen LogP contribution in [0.4, 0.5) is 10.5 Å². The molecule has 0 radical (unpaired) electrons. The lowest BCUT2D eigenvalue weighted by Crippen LogP contribution is -2.34. The fourth-order valence-corrected chi connectivity index (χ4v) is 1.77. The van der Waals surface area contributed by atoms with Gasteiger partial charge in [-0.15, -0.1) is 4.91 Å². The molecule has 1 rings (SSSR count). The van der Waals surface area contributed by atoms with Gasteiger partial charge in [-0.2, -0.15) is 0 Å². The van der Waals surface area contributed by atoms with E-state index in [1.165, 1.54) is 0 Å². The molecule has 104 valence electrons. The average Bonchev–Trinajstić information content (AvgIpc) is 2.26. The topological polar surface area (TPSA) is 67.8 Å². The van der Waals surface area contributed by atoms with Crippen molar-refractivity contribution in [3.63, 3.8) is 0 Å². The van der Waals surface area contributed by atoms with Gasteiger partial charge in [0.1, 0.15) is 11.3 Å². The van der Waals surface area contributed by atoms with Crippen LogP contribution < -0.4 is 5.32 Å². The van der Waals surface area contributed by atoms with Crippen molar-refractivity contribution in [2.45, 2.75) is 46.3 Å². The first kappa shape index (κ1) is 15.1. The third-order valence-corrected chi connectivity index (χ3v) is 2.65. The van der Waals surface area contributed by atoms with E-state index in [9.17, 15) is 9.70 Å². The van der Waals surface area contributed by atoms with Crippen LogP contribution in [0, 0.1) is 11.8 Å². The summed E-state index contributed by atoms with van der Waals surface area (Å²) in [6.07, 6.45) is -0.483. The van der Waals surface area contributed by atoms with E-state index in [-0.39, 0.29) is 6.04 Å². The van der Waals surface area contributed by atoms with Gasteiger partial charge in [0, 0.05) is 0 Å². The number of amides is 1. The highest BCUT2D eigenvalue weighted by atomic mass is 16.6. The van der Waals surface area contributed by atoms with Crippen molar-refractivity contribution >= 4 is 11.8 Å². The summed E-state index contributed by atoms with van der Waals surface area (Å²) in [5.41, 5.74) is 1.46. The fraction of sp³-hybridized carbons (Fsp3) is 0.500. The zero-order chi connectivity index (χ0) is 14.6. The molecule has 0 fully saturated rings. The van der Waals surface area contributed by atoms with Crippen LogP contribution in [0.1, 0.15) is 44.9 Å². The average molecular weight is 264 g/mol. The predicted molar refractivity (Wildman–Crippen MR) is 74.4 cm³/mol. The monoisotopic (exact) mass is 264 g/mol. The van der Waals surface area contributed by atoms with Crippen LogP contribution in [0.2, 0.25) is 0 Å². The van der Waals surface area contributed by atoms with E-state index in [0.717, 1.165) is 11.1 Å². The number of hydrogen-bond acceptors (Lipinski definition) is 4. The van der Waals surface area contributed by atoms with Crippen molar-refractivity contribution < 1.29 is 9.53 Å². The van der Waals surface area contributed by atoms with Gasteiger partial charge in [0.05, 0.1) is 6.04 Å². The summed E-state index contributed by atoms with van der Waals surface area (Å²) in [5.74, 6) is 0. The van der Waals surface area contributed by atoms with Gasteiger partial charge in [-0.05, 0) is 57.0 Å². The largest absolute Gasteiger partial charge is 0.444 e. The second kappa shape index (κ2) is 5.82. The molecule has 19 heavy (non-hydrogen) atoms. The molecule has 0 saturated carbocycles. The molecular weight excluding hydrogens is 244 g/mol. The number of carbonyl (C=O) groups is 1. The van der Waals surface area contributed by atoms with Gasteiger partial charge in [-0.3, -0.25) is 0 Å². The third kappa shape index (κ3) is 4.35. The molecule has 0 aliphatic rings. The standard InChI is InChI=1S/C14H20N2O3/c1-9-11(7-6-8-12(9)16-18)10(2)15-13(17)19-14(3,4)5/h6-8,10H,1-5H3,(H,15,17). The molecule has 1 amide bonds. The zero-order valence-electron chi connectivity index (χ0n) is 12.0. The van der Waals surface area contributed by atoms with Crippen LogP contribution >= 0.6 is 0 Å². The van der Waals surface area contributed by atoms with Gasteiger partial charge in [0.25, 0.3) is 0 Å². The minimum Gasteiger partial charge on any atom is -0.444 e. The van der Waals surface area contributed by atoms with E-state index in [1.807, 2.05) is 13.0 Å². The fourth-order valence-electron chi connectivity index (χ4n) is 1.77. The normalized spacial score (nSPS) is 12.7. The molecule has 0 aromatic heterocycles. The summed E-state index contributed by atoms with van der Waals surface area (Å²) >= 11 is 0. The Bertz CT molecular complexity index is 478. The van der Waals surface area contributed by atoms with Gasteiger partial charge in [-0.1, -0.05) is 12.1 Å². The summed E-state index contributed by atoms with van der Waals surface area (Å²) in [5, 5.41) is 5.70. The summed E-state index contributed by atoms with van der Waals surface area (Å²) in [7, 11) is 0. The maximum atomic E-state index is 11.7. The Morgan fingerprint density at radius 2 is 2.00 bits per heavy atom. The molecule has 0 saturated heterocycles. The van der Waals surface area contributed by atoms with Gasteiger partial charge >= 0.3 is 6.09 Å². The van der Waals surface area contributed by atoms with Crippen molar-refractivity contribution in [3.8, 4) is 0 Å². The minimum atomic E-state index is -0.537. The number of nitroso groups, excluding NO2 is 1. The first-order chi connectivity index (χ1) is 8.74.